The zero-order valence-corrected chi connectivity index (χ0v) is 9.56. The van der Waals surface area contributed by atoms with Crippen molar-refractivity contribution in [2.75, 3.05) is 0 Å². The summed E-state index contributed by atoms with van der Waals surface area (Å²) < 4.78 is 0. The third-order valence-corrected chi connectivity index (χ3v) is 2.49. The molecule has 0 saturated heterocycles. The number of rotatable bonds is 3. The molecule has 2 N–H and O–H groups in total. The van der Waals surface area contributed by atoms with E-state index in [9.17, 15) is 10.1 Å². The van der Waals surface area contributed by atoms with E-state index >= 15 is 0 Å². The van der Waals surface area contributed by atoms with Gasteiger partial charge < -0.3 is 5.73 Å². The van der Waals surface area contributed by atoms with Gasteiger partial charge in [-0.05, 0) is 18.2 Å². The smallest absolute Gasteiger partial charge is 0.269 e. The third-order valence-electron chi connectivity index (χ3n) is 2.49. The molecule has 0 spiro atoms. The lowest BCUT2D eigenvalue weighted by molar-refractivity contribution is -0.384. The molecule has 0 fully saturated rings. The van der Waals surface area contributed by atoms with Crippen LogP contribution in [0.2, 0.25) is 0 Å². The van der Waals surface area contributed by atoms with E-state index in [2.05, 4.69) is 10.2 Å². The van der Waals surface area contributed by atoms with E-state index in [-0.39, 0.29) is 5.69 Å². The second-order valence-electron chi connectivity index (χ2n) is 3.96. The maximum atomic E-state index is 10.5. The molecule has 0 saturated carbocycles. The van der Waals surface area contributed by atoms with E-state index in [1.54, 1.807) is 6.08 Å². The van der Waals surface area contributed by atoms with Gasteiger partial charge in [-0.25, -0.2) is 0 Å². The first-order valence-corrected chi connectivity index (χ1v) is 5.40. The molecule has 18 heavy (non-hydrogen) atoms. The van der Waals surface area contributed by atoms with Crippen molar-refractivity contribution in [3.63, 3.8) is 0 Å². The van der Waals surface area contributed by atoms with Gasteiger partial charge in [0.05, 0.1) is 10.6 Å². The zero-order chi connectivity index (χ0) is 13.0. The van der Waals surface area contributed by atoms with Gasteiger partial charge in [0.2, 0.25) is 0 Å². The molecule has 92 valence electrons. The number of hydrogen-bond acceptors (Lipinski definition) is 5. The Morgan fingerprint density at radius 1 is 1.28 bits per heavy atom. The average molecular weight is 244 g/mol. The molecule has 0 aromatic heterocycles. The van der Waals surface area contributed by atoms with Gasteiger partial charge in [-0.15, -0.1) is 0 Å². The normalized spacial score (nSPS) is 22.5. The topological polar surface area (TPSA) is 93.9 Å². The van der Waals surface area contributed by atoms with Crippen LogP contribution < -0.4 is 5.73 Å². The number of allylic oxidation sites excluding steroid dienone is 2. The van der Waals surface area contributed by atoms with E-state index in [0.717, 1.165) is 0 Å². The lowest BCUT2D eigenvalue weighted by Gasteiger charge is -2.19. The monoisotopic (exact) mass is 244 g/mol. The van der Waals surface area contributed by atoms with Crippen LogP contribution in [0.3, 0.4) is 0 Å². The molecule has 0 aliphatic heterocycles. The summed E-state index contributed by atoms with van der Waals surface area (Å²) in [6, 6.07) is 5.84. The molecule has 0 amide bonds. The highest BCUT2D eigenvalue weighted by Crippen LogP contribution is 2.22. The van der Waals surface area contributed by atoms with Crippen LogP contribution in [-0.4, -0.2) is 10.6 Å². The highest BCUT2D eigenvalue weighted by molar-refractivity contribution is 5.43. The molecule has 1 aliphatic carbocycles. The Balaban J connectivity index is 2.11. The number of azo groups is 1. The van der Waals surface area contributed by atoms with Crippen molar-refractivity contribution >= 4 is 11.4 Å². The first kappa shape index (κ1) is 12.1. The summed E-state index contributed by atoms with van der Waals surface area (Å²) in [5.41, 5.74) is 5.72. The number of nitro groups is 1. The minimum atomic E-state index is -0.823. The quantitative estimate of drug-likeness (QED) is 0.503. The Bertz CT molecular complexity index is 534. The molecule has 0 heterocycles. The van der Waals surface area contributed by atoms with Crippen LogP contribution in [0, 0.1) is 10.1 Å². The molecular weight excluding hydrogens is 232 g/mol. The van der Waals surface area contributed by atoms with E-state index in [4.69, 9.17) is 5.73 Å². The van der Waals surface area contributed by atoms with Crippen molar-refractivity contribution in [3.05, 3.63) is 58.7 Å². The standard InChI is InChI=1S/C12H12N4O2/c13-12(8-2-1-3-9-12)15-14-10-4-6-11(7-5-10)16(17)18/h1-8H,9,13H2. The molecule has 6 heteroatoms. The summed E-state index contributed by atoms with van der Waals surface area (Å²) in [6.45, 7) is 0. The second-order valence-corrected chi connectivity index (χ2v) is 3.96. The van der Waals surface area contributed by atoms with Crippen molar-refractivity contribution in [1.29, 1.82) is 0 Å². The van der Waals surface area contributed by atoms with Crippen molar-refractivity contribution in [3.8, 4) is 0 Å². The predicted molar refractivity (Wildman–Crippen MR) is 67.4 cm³/mol. The van der Waals surface area contributed by atoms with Crippen LogP contribution in [0.5, 0.6) is 0 Å². The first-order chi connectivity index (χ1) is 8.59. The molecule has 0 radical (unpaired) electrons. The van der Waals surface area contributed by atoms with Gasteiger partial charge in [-0.1, -0.05) is 18.2 Å². The minimum Gasteiger partial charge on any atom is -0.302 e. The molecule has 1 aromatic carbocycles. The molecule has 1 unspecified atom stereocenters. The highest BCUT2D eigenvalue weighted by Gasteiger charge is 2.20. The van der Waals surface area contributed by atoms with Gasteiger partial charge in [-0.2, -0.15) is 10.2 Å². The maximum absolute atomic E-state index is 10.5. The van der Waals surface area contributed by atoms with E-state index in [1.165, 1.54) is 24.3 Å². The average Bonchev–Trinajstić information content (AvgIpc) is 2.38. The molecule has 2 rings (SSSR count). The first-order valence-electron chi connectivity index (χ1n) is 5.40. The van der Waals surface area contributed by atoms with Crippen LogP contribution in [0.4, 0.5) is 11.4 Å². The molecule has 6 nitrogen and oxygen atoms in total. The van der Waals surface area contributed by atoms with Gasteiger partial charge in [0.15, 0.2) is 5.66 Å². The summed E-state index contributed by atoms with van der Waals surface area (Å²) in [6.07, 6.45) is 7.97. The van der Waals surface area contributed by atoms with Crippen molar-refractivity contribution in [1.82, 2.24) is 0 Å². The molecule has 1 aromatic rings. The summed E-state index contributed by atoms with van der Waals surface area (Å²) in [5, 5.41) is 18.5. The summed E-state index contributed by atoms with van der Waals surface area (Å²) >= 11 is 0. The summed E-state index contributed by atoms with van der Waals surface area (Å²) in [7, 11) is 0. The van der Waals surface area contributed by atoms with Crippen LogP contribution in [-0.2, 0) is 0 Å². The SMILES string of the molecule is NC1(N=Nc2ccc([N+](=O)[O-])cc2)C=CC=CC1. The van der Waals surface area contributed by atoms with Crippen molar-refractivity contribution < 1.29 is 4.92 Å². The number of nitrogens with two attached hydrogens (primary N) is 1. The lowest BCUT2D eigenvalue weighted by atomic mass is 10.0. The van der Waals surface area contributed by atoms with E-state index in [0.29, 0.717) is 12.1 Å². The summed E-state index contributed by atoms with van der Waals surface area (Å²) in [4.78, 5) is 10.0. The Morgan fingerprint density at radius 2 is 2.00 bits per heavy atom. The zero-order valence-electron chi connectivity index (χ0n) is 9.56. The highest BCUT2D eigenvalue weighted by atomic mass is 16.6. The molecule has 1 atom stereocenters. The van der Waals surface area contributed by atoms with Gasteiger partial charge >= 0.3 is 0 Å². The van der Waals surface area contributed by atoms with Crippen molar-refractivity contribution in [2.45, 2.75) is 12.1 Å². The Kier molecular flexibility index (Phi) is 3.29. The Morgan fingerprint density at radius 3 is 2.56 bits per heavy atom. The fourth-order valence-electron chi connectivity index (χ4n) is 1.49. The van der Waals surface area contributed by atoms with Crippen LogP contribution >= 0.6 is 0 Å². The fraction of sp³-hybridized carbons (Fsp3) is 0.167. The van der Waals surface area contributed by atoms with E-state index < -0.39 is 10.6 Å². The van der Waals surface area contributed by atoms with Crippen LogP contribution in [0.15, 0.2) is 58.8 Å². The second kappa shape index (κ2) is 4.89. The predicted octanol–water partition coefficient (Wildman–Crippen LogP) is 2.85. The summed E-state index contributed by atoms with van der Waals surface area (Å²) in [5.74, 6) is 0. The number of non-ortho nitro benzene ring substituents is 1. The number of nitrogens with zero attached hydrogens (tertiary/aromatic N) is 3. The van der Waals surface area contributed by atoms with Gasteiger partial charge in [-0.3, -0.25) is 10.1 Å². The fourth-order valence-corrected chi connectivity index (χ4v) is 1.49. The lowest BCUT2D eigenvalue weighted by Crippen LogP contribution is -2.34. The molecule has 0 bridgehead atoms. The van der Waals surface area contributed by atoms with E-state index in [1.807, 2.05) is 18.2 Å². The van der Waals surface area contributed by atoms with Crippen molar-refractivity contribution in [2.24, 2.45) is 16.0 Å². The Hall–Kier alpha value is -2.34. The van der Waals surface area contributed by atoms with Gasteiger partial charge in [0, 0.05) is 18.6 Å². The third kappa shape index (κ3) is 2.86. The van der Waals surface area contributed by atoms with Gasteiger partial charge in [0.25, 0.3) is 5.69 Å². The maximum Gasteiger partial charge on any atom is 0.269 e. The molecule has 1 aliphatic rings. The molecular formula is C12H12N4O2. The number of nitro benzene ring substituents is 1. The number of benzene rings is 1. The van der Waals surface area contributed by atoms with Gasteiger partial charge in [0.1, 0.15) is 0 Å². The van der Waals surface area contributed by atoms with Crippen LogP contribution in [0.25, 0.3) is 0 Å². The minimum absolute atomic E-state index is 0.0249. The largest absolute Gasteiger partial charge is 0.302 e. The Labute approximate surface area is 104 Å². The van der Waals surface area contributed by atoms with Crippen LogP contribution in [0.1, 0.15) is 6.42 Å². The number of hydrogen-bond donors (Lipinski definition) is 1.